The van der Waals surface area contributed by atoms with E-state index >= 15 is 0 Å². The van der Waals surface area contributed by atoms with Gasteiger partial charge in [0.05, 0.1) is 10.7 Å². The highest BCUT2D eigenvalue weighted by Crippen LogP contribution is 2.38. The minimum Gasteiger partial charge on any atom is -0.336 e. The summed E-state index contributed by atoms with van der Waals surface area (Å²) in [5, 5.41) is 3.96. The van der Waals surface area contributed by atoms with Gasteiger partial charge in [-0.05, 0) is 42.5 Å². The number of nitrogens with zero attached hydrogens (tertiary/aromatic N) is 2. The number of nitrogens with one attached hydrogen (secondary N) is 2. The number of hydrogen-bond donors (Lipinski definition) is 2. The van der Waals surface area contributed by atoms with Crippen LogP contribution in [0.1, 0.15) is 37.9 Å². The summed E-state index contributed by atoms with van der Waals surface area (Å²) in [6.45, 7) is 1.66. The standard InChI is InChI=1S/C22H20ClF3N4O4/c1-10-7-13-11(9-30(21(13)34)15-4-5-16(31)28-20(15)33)8-12(10)19(32)29-18(22(24,25)26)17-14(23)3-2-6-27-17/h2-3,6,8,10,15,18H,4-5,7,9H2,1H3,(H,29,32)(H,28,31,33)/t10?,15-,18+/m0/s1. The molecule has 1 fully saturated rings. The fourth-order valence-corrected chi connectivity index (χ4v) is 4.64. The first-order chi connectivity index (χ1) is 16.0. The second-order valence-corrected chi connectivity index (χ2v) is 8.83. The van der Waals surface area contributed by atoms with E-state index in [-0.39, 0.29) is 42.3 Å². The van der Waals surface area contributed by atoms with Crippen molar-refractivity contribution in [3.63, 3.8) is 0 Å². The number of aromatic nitrogens is 1. The molecule has 2 N–H and O–H groups in total. The van der Waals surface area contributed by atoms with Crippen LogP contribution in [-0.2, 0) is 19.2 Å². The highest BCUT2D eigenvalue weighted by Gasteiger charge is 2.46. The second-order valence-electron chi connectivity index (χ2n) is 8.43. The second kappa shape index (κ2) is 8.86. The summed E-state index contributed by atoms with van der Waals surface area (Å²) >= 11 is 5.89. The Balaban J connectivity index is 1.56. The van der Waals surface area contributed by atoms with Crippen molar-refractivity contribution in [1.29, 1.82) is 0 Å². The van der Waals surface area contributed by atoms with Crippen LogP contribution >= 0.6 is 11.6 Å². The molecular weight excluding hydrogens is 477 g/mol. The van der Waals surface area contributed by atoms with Gasteiger partial charge in [-0.25, -0.2) is 0 Å². The molecule has 2 aliphatic heterocycles. The first-order valence-electron chi connectivity index (χ1n) is 10.5. The minimum absolute atomic E-state index is 0.0265. The molecule has 8 nitrogen and oxygen atoms in total. The molecule has 0 radical (unpaired) electrons. The van der Waals surface area contributed by atoms with Gasteiger partial charge in [0.25, 0.3) is 5.91 Å². The lowest BCUT2D eigenvalue weighted by atomic mass is 9.85. The van der Waals surface area contributed by atoms with Gasteiger partial charge in [0.2, 0.25) is 17.7 Å². The summed E-state index contributed by atoms with van der Waals surface area (Å²) in [4.78, 5) is 54.5. The van der Waals surface area contributed by atoms with Crippen molar-refractivity contribution >= 4 is 35.2 Å². The van der Waals surface area contributed by atoms with Crippen molar-refractivity contribution in [1.82, 2.24) is 20.5 Å². The van der Waals surface area contributed by atoms with Crippen LogP contribution in [0.5, 0.6) is 0 Å². The Morgan fingerprint density at radius 2 is 2.06 bits per heavy atom. The molecule has 1 saturated heterocycles. The highest BCUT2D eigenvalue weighted by atomic mass is 35.5. The summed E-state index contributed by atoms with van der Waals surface area (Å²) in [6, 6.07) is -0.603. The van der Waals surface area contributed by atoms with Crippen LogP contribution in [0.4, 0.5) is 13.2 Å². The first kappa shape index (κ1) is 23.9. The van der Waals surface area contributed by atoms with Gasteiger partial charge in [-0.1, -0.05) is 18.5 Å². The molecule has 1 aliphatic carbocycles. The molecule has 4 rings (SSSR count). The van der Waals surface area contributed by atoms with Gasteiger partial charge in [0, 0.05) is 30.3 Å². The predicted octanol–water partition coefficient (Wildman–Crippen LogP) is 2.36. The summed E-state index contributed by atoms with van der Waals surface area (Å²) < 4.78 is 41.2. The number of carbonyl (C=O) groups excluding carboxylic acids is 4. The number of carbonyl (C=O) groups is 4. The average Bonchev–Trinajstić information content (AvgIpc) is 3.06. The molecule has 0 bridgehead atoms. The van der Waals surface area contributed by atoms with E-state index in [1.165, 1.54) is 23.1 Å². The predicted molar refractivity (Wildman–Crippen MR) is 113 cm³/mol. The number of alkyl halides is 3. The Morgan fingerprint density at radius 1 is 1.32 bits per heavy atom. The first-order valence-corrected chi connectivity index (χ1v) is 10.9. The average molecular weight is 497 g/mol. The van der Waals surface area contributed by atoms with Gasteiger partial charge in [-0.2, -0.15) is 13.2 Å². The molecule has 180 valence electrons. The van der Waals surface area contributed by atoms with E-state index in [4.69, 9.17) is 11.6 Å². The topological polar surface area (TPSA) is 108 Å². The quantitative estimate of drug-likeness (QED) is 0.622. The summed E-state index contributed by atoms with van der Waals surface area (Å²) in [5.74, 6) is -2.85. The van der Waals surface area contributed by atoms with Crippen molar-refractivity contribution in [3.05, 3.63) is 51.8 Å². The van der Waals surface area contributed by atoms with Gasteiger partial charge in [-0.15, -0.1) is 0 Å². The van der Waals surface area contributed by atoms with Crippen molar-refractivity contribution in [2.75, 3.05) is 6.54 Å². The molecule has 1 aromatic heterocycles. The lowest BCUT2D eigenvalue weighted by molar-refractivity contribution is -0.163. The fourth-order valence-electron chi connectivity index (χ4n) is 4.41. The monoisotopic (exact) mass is 496 g/mol. The van der Waals surface area contributed by atoms with Gasteiger partial charge >= 0.3 is 6.18 Å². The Hall–Kier alpha value is -3.21. The molecule has 0 saturated carbocycles. The molecule has 0 aromatic carbocycles. The summed E-state index contributed by atoms with van der Waals surface area (Å²) in [5.41, 5.74) is 0.443. The minimum atomic E-state index is -4.84. The van der Waals surface area contributed by atoms with Crippen LogP contribution in [0.2, 0.25) is 5.02 Å². The third kappa shape index (κ3) is 4.44. The number of piperidine rings is 1. The van der Waals surface area contributed by atoms with Crippen LogP contribution in [0.15, 0.2) is 41.1 Å². The largest absolute Gasteiger partial charge is 0.414 e. The normalized spacial score (nSPS) is 24.0. The number of pyridine rings is 1. The third-order valence-corrected chi connectivity index (χ3v) is 6.45. The zero-order valence-corrected chi connectivity index (χ0v) is 18.7. The van der Waals surface area contributed by atoms with E-state index < -0.39 is 47.6 Å². The number of hydrogen-bond acceptors (Lipinski definition) is 5. The smallest absolute Gasteiger partial charge is 0.336 e. The van der Waals surface area contributed by atoms with Crippen molar-refractivity contribution in [2.45, 2.75) is 44.4 Å². The number of halogens is 4. The van der Waals surface area contributed by atoms with Crippen LogP contribution in [-0.4, -0.2) is 52.3 Å². The highest BCUT2D eigenvalue weighted by molar-refractivity contribution is 6.31. The maximum Gasteiger partial charge on any atom is 0.414 e. The Kier molecular flexibility index (Phi) is 6.24. The number of imide groups is 1. The van der Waals surface area contributed by atoms with E-state index in [9.17, 15) is 32.3 Å². The fraction of sp³-hybridized carbons (Fsp3) is 0.409. The lowest BCUT2D eigenvalue weighted by Crippen LogP contribution is -2.53. The van der Waals surface area contributed by atoms with Crippen LogP contribution in [0.3, 0.4) is 0 Å². The van der Waals surface area contributed by atoms with Crippen molar-refractivity contribution < 1.29 is 32.3 Å². The summed E-state index contributed by atoms with van der Waals surface area (Å²) in [7, 11) is 0. The molecule has 0 spiro atoms. The van der Waals surface area contributed by atoms with Crippen molar-refractivity contribution in [3.8, 4) is 0 Å². The maximum absolute atomic E-state index is 13.7. The van der Waals surface area contributed by atoms with E-state index in [1.54, 1.807) is 6.92 Å². The Bertz CT molecular complexity index is 1150. The molecule has 3 aliphatic rings. The van der Waals surface area contributed by atoms with Crippen LogP contribution < -0.4 is 10.6 Å². The van der Waals surface area contributed by atoms with Crippen LogP contribution in [0, 0.1) is 5.92 Å². The molecule has 3 heterocycles. The zero-order valence-electron chi connectivity index (χ0n) is 17.9. The van der Waals surface area contributed by atoms with Crippen LogP contribution in [0.25, 0.3) is 0 Å². The zero-order chi connectivity index (χ0) is 24.8. The number of rotatable bonds is 4. The van der Waals surface area contributed by atoms with E-state index in [0.717, 1.165) is 6.20 Å². The lowest BCUT2D eigenvalue weighted by Gasteiger charge is -2.29. The van der Waals surface area contributed by atoms with E-state index in [0.29, 0.717) is 11.1 Å². The van der Waals surface area contributed by atoms with Gasteiger partial charge < -0.3 is 10.2 Å². The molecular formula is C22H20ClF3N4O4. The Morgan fingerprint density at radius 3 is 2.71 bits per heavy atom. The third-order valence-electron chi connectivity index (χ3n) is 6.13. The maximum atomic E-state index is 13.7. The molecule has 34 heavy (non-hydrogen) atoms. The van der Waals surface area contributed by atoms with Gasteiger partial charge in [0.15, 0.2) is 6.04 Å². The molecule has 1 aromatic rings. The van der Waals surface area contributed by atoms with E-state index in [2.05, 4.69) is 10.3 Å². The van der Waals surface area contributed by atoms with Gasteiger partial charge in [0.1, 0.15) is 6.04 Å². The molecule has 4 amide bonds. The van der Waals surface area contributed by atoms with Crippen molar-refractivity contribution in [2.24, 2.45) is 5.92 Å². The number of amides is 4. The SMILES string of the molecule is CC1CC2=C(C=C1C(=O)N[C@H](c1ncccc1Cl)C(F)(F)F)CN([C@H]1CCC(=O)NC1=O)C2=O. The molecule has 1 unspecified atom stereocenters. The molecule has 3 atom stereocenters. The Labute approximate surface area is 197 Å². The van der Waals surface area contributed by atoms with Gasteiger partial charge in [-0.3, -0.25) is 29.5 Å². The molecule has 12 heteroatoms. The van der Waals surface area contributed by atoms with E-state index in [1.807, 2.05) is 5.32 Å². The summed E-state index contributed by atoms with van der Waals surface area (Å²) in [6.07, 6.45) is -1.86.